The molecule has 4 nitrogen and oxygen atoms in total. The predicted molar refractivity (Wildman–Crippen MR) is 104 cm³/mol. The zero-order valence-corrected chi connectivity index (χ0v) is 15.3. The Morgan fingerprint density at radius 2 is 1.92 bits per heavy atom. The average molecular weight is 360 g/mol. The van der Waals surface area contributed by atoms with Crippen LogP contribution in [0.15, 0.2) is 54.6 Å². The molecule has 2 atom stereocenters. The van der Waals surface area contributed by atoms with E-state index in [4.69, 9.17) is 5.73 Å². The summed E-state index contributed by atoms with van der Waals surface area (Å²) < 4.78 is 0. The minimum Gasteiger partial charge on any atom is -0.351 e. The first-order valence-electron chi connectivity index (χ1n) is 8.47. The van der Waals surface area contributed by atoms with Crippen molar-refractivity contribution in [3.05, 3.63) is 71.3 Å². The second-order valence-electron chi connectivity index (χ2n) is 6.64. The summed E-state index contributed by atoms with van der Waals surface area (Å²) in [7, 11) is 0. The number of benzene rings is 2. The number of carbonyl (C=O) groups is 1. The van der Waals surface area contributed by atoms with Gasteiger partial charge < -0.3 is 11.1 Å². The van der Waals surface area contributed by atoms with Crippen LogP contribution in [0.3, 0.4) is 0 Å². The Morgan fingerprint density at radius 1 is 1.16 bits per heavy atom. The van der Waals surface area contributed by atoms with Gasteiger partial charge in [0.25, 0.3) is 0 Å². The Morgan fingerprint density at radius 3 is 2.64 bits per heavy atom. The molecule has 0 aliphatic carbocycles. The van der Waals surface area contributed by atoms with Crippen LogP contribution in [0.4, 0.5) is 0 Å². The number of halogens is 1. The lowest BCUT2D eigenvalue weighted by atomic mass is 9.95. The summed E-state index contributed by atoms with van der Waals surface area (Å²) in [4.78, 5) is 14.4. The molecule has 3 N–H and O–H groups in total. The normalized spacial score (nSPS) is 20.1. The number of aryl methyl sites for hydroxylation is 1. The van der Waals surface area contributed by atoms with E-state index in [1.165, 1.54) is 11.1 Å². The van der Waals surface area contributed by atoms with Crippen LogP contribution in [0.25, 0.3) is 0 Å². The van der Waals surface area contributed by atoms with Gasteiger partial charge in [-0.3, -0.25) is 9.69 Å². The lowest BCUT2D eigenvalue weighted by Crippen LogP contribution is -2.37. The van der Waals surface area contributed by atoms with Crippen molar-refractivity contribution in [3.63, 3.8) is 0 Å². The molecule has 1 aliphatic heterocycles. The molecule has 1 fully saturated rings. The summed E-state index contributed by atoms with van der Waals surface area (Å²) >= 11 is 0. The minimum absolute atomic E-state index is 0. The second-order valence-corrected chi connectivity index (χ2v) is 6.64. The fourth-order valence-electron chi connectivity index (χ4n) is 3.38. The van der Waals surface area contributed by atoms with Gasteiger partial charge in [0.15, 0.2) is 0 Å². The van der Waals surface area contributed by atoms with Crippen molar-refractivity contribution in [1.82, 2.24) is 10.2 Å². The molecular weight excluding hydrogens is 334 g/mol. The number of nitrogens with one attached hydrogen (secondary N) is 1. The third-order valence-corrected chi connectivity index (χ3v) is 4.61. The van der Waals surface area contributed by atoms with Crippen LogP contribution in [-0.2, 0) is 11.3 Å². The van der Waals surface area contributed by atoms with Crippen molar-refractivity contribution >= 4 is 18.3 Å². The summed E-state index contributed by atoms with van der Waals surface area (Å²) in [6.45, 7) is 4.63. The van der Waals surface area contributed by atoms with Gasteiger partial charge in [-0.25, -0.2) is 0 Å². The van der Waals surface area contributed by atoms with Gasteiger partial charge in [0.05, 0.1) is 6.54 Å². The molecule has 1 heterocycles. The van der Waals surface area contributed by atoms with Gasteiger partial charge in [-0.15, -0.1) is 12.4 Å². The zero-order chi connectivity index (χ0) is 16.9. The molecule has 5 heteroatoms. The van der Waals surface area contributed by atoms with Crippen LogP contribution < -0.4 is 11.1 Å². The smallest absolute Gasteiger partial charge is 0.234 e. The van der Waals surface area contributed by atoms with Crippen molar-refractivity contribution < 1.29 is 4.79 Å². The summed E-state index contributed by atoms with van der Waals surface area (Å²) in [5, 5.41) is 3.00. The zero-order valence-electron chi connectivity index (χ0n) is 14.5. The molecule has 0 bridgehead atoms. The first-order valence-corrected chi connectivity index (χ1v) is 8.47. The highest BCUT2D eigenvalue weighted by Crippen LogP contribution is 2.25. The van der Waals surface area contributed by atoms with E-state index in [-0.39, 0.29) is 24.4 Å². The Labute approximate surface area is 155 Å². The van der Waals surface area contributed by atoms with E-state index in [1.807, 2.05) is 30.3 Å². The monoisotopic (exact) mass is 359 g/mol. The van der Waals surface area contributed by atoms with E-state index in [9.17, 15) is 4.79 Å². The molecule has 0 spiro atoms. The van der Waals surface area contributed by atoms with Crippen molar-refractivity contribution in [2.45, 2.75) is 25.4 Å². The number of nitrogens with zero attached hydrogens (tertiary/aromatic N) is 1. The van der Waals surface area contributed by atoms with E-state index in [0.717, 1.165) is 18.7 Å². The molecule has 1 amide bonds. The van der Waals surface area contributed by atoms with Crippen molar-refractivity contribution in [3.8, 4) is 0 Å². The molecule has 1 aliphatic rings. The van der Waals surface area contributed by atoms with Crippen LogP contribution in [-0.4, -0.2) is 36.5 Å². The Hall–Kier alpha value is -1.88. The summed E-state index contributed by atoms with van der Waals surface area (Å²) in [5.41, 5.74) is 9.88. The maximum atomic E-state index is 12.2. The third-order valence-electron chi connectivity index (χ3n) is 4.61. The van der Waals surface area contributed by atoms with Gasteiger partial charge in [0.2, 0.25) is 5.91 Å². The van der Waals surface area contributed by atoms with Gasteiger partial charge in [-0.2, -0.15) is 0 Å². The lowest BCUT2D eigenvalue weighted by molar-refractivity contribution is -0.122. The molecular formula is C20H26ClN3O. The molecule has 0 saturated carbocycles. The summed E-state index contributed by atoms with van der Waals surface area (Å²) in [6.07, 6.45) is 0. The number of rotatable bonds is 5. The number of amides is 1. The van der Waals surface area contributed by atoms with Gasteiger partial charge in [-0.1, -0.05) is 60.2 Å². The first-order chi connectivity index (χ1) is 11.6. The standard InChI is InChI=1S/C20H25N3O.ClH/c1-15-6-5-7-16(10-15)11-22-20(24)14-23-12-18(19(21)13-23)17-8-3-2-4-9-17;/h2-10,18-19H,11-14,21H2,1H3,(H,22,24);1H/t18-,19+;/m0./s1. The SMILES string of the molecule is Cc1cccc(CNC(=O)CN2C[C@@H](N)[C@H](c3ccccc3)C2)c1.Cl. The van der Waals surface area contributed by atoms with Crippen molar-refractivity contribution in [2.24, 2.45) is 5.73 Å². The number of hydrogen-bond donors (Lipinski definition) is 2. The lowest BCUT2D eigenvalue weighted by Gasteiger charge is -2.16. The van der Waals surface area contributed by atoms with E-state index in [2.05, 4.69) is 41.4 Å². The molecule has 25 heavy (non-hydrogen) atoms. The van der Waals surface area contributed by atoms with Gasteiger partial charge in [0.1, 0.15) is 0 Å². The third kappa shape index (κ3) is 5.30. The van der Waals surface area contributed by atoms with E-state index >= 15 is 0 Å². The highest BCUT2D eigenvalue weighted by Gasteiger charge is 2.31. The topological polar surface area (TPSA) is 58.4 Å². The molecule has 1 saturated heterocycles. The van der Waals surface area contributed by atoms with Gasteiger partial charge >= 0.3 is 0 Å². The molecule has 0 aromatic heterocycles. The fourth-order valence-corrected chi connectivity index (χ4v) is 3.38. The molecule has 3 rings (SSSR count). The number of nitrogens with two attached hydrogens (primary N) is 1. The average Bonchev–Trinajstić information content (AvgIpc) is 2.94. The van der Waals surface area contributed by atoms with E-state index < -0.39 is 0 Å². The Kier molecular flexibility index (Phi) is 7.00. The summed E-state index contributed by atoms with van der Waals surface area (Å²) in [6, 6.07) is 18.6. The van der Waals surface area contributed by atoms with E-state index in [0.29, 0.717) is 19.0 Å². The van der Waals surface area contributed by atoms with Crippen molar-refractivity contribution in [2.75, 3.05) is 19.6 Å². The molecule has 0 radical (unpaired) electrons. The Bertz CT molecular complexity index is 692. The molecule has 134 valence electrons. The van der Waals surface area contributed by atoms with E-state index in [1.54, 1.807) is 0 Å². The predicted octanol–water partition coefficient (Wildman–Crippen LogP) is 2.46. The second kappa shape index (κ2) is 8.99. The largest absolute Gasteiger partial charge is 0.351 e. The molecule has 2 aromatic rings. The van der Waals surface area contributed by atoms with Gasteiger partial charge in [-0.05, 0) is 18.1 Å². The highest BCUT2D eigenvalue weighted by atomic mass is 35.5. The number of carbonyl (C=O) groups excluding carboxylic acids is 1. The van der Waals surface area contributed by atoms with Crippen LogP contribution >= 0.6 is 12.4 Å². The fraction of sp³-hybridized carbons (Fsp3) is 0.350. The Balaban J connectivity index is 0.00000225. The molecule has 0 unspecified atom stereocenters. The quantitative estimate of drug-likeness (QED) is 0.862. The highest BCUT2D eigenvalue weighted by molar-refractivity contribution is 5.85. The van der Waals surface area contributed by atoms with Crippen molar-refractivity contribution in [1.29, 1.82) is 0 Å². The maximum absolute atomic E-state index is 12.2. The number of hydrogen-bond acceptors (Lipinski definition) is 3. The first kappa shape index (κ1) is 19.4. The molecule has 2 aromatic carbocycles. The van der Waals surface area contributed by atoms with Gasteiger partial charge in [0, 0.05) is 31.6 Å². The van der Waals surface area contributed by atoms with Crippen LogP contribution in [0.5, 0.6) is 0 Å². The van der Waals surface area contributed by atoms with Crippen LogP contribution in [0.2, 0.25) is 0 Å². The van der Waals surface area contributed by atoms with Crippen LogP contribution in [0, 0.1) is 6.92 Å². The number of likely N-dealkylation sites (tertiary alicyclic amines) is 1. The minimum atomic E-state index is 0. The maximum Gasteiger partial charge on any atom is 0.234 e. The summed E-state index contributed by atoms with van der Waals surface area (Å²) in [5.74, 6) is 0.355. The van der Waals surface area contributed by atoms with Crippen LogP contribution in [0.1, 0.15) is 22.6 Å².